The van der Waals surface area contributed by atoms with Crippen molar-refractivity contribution in [2.45, 2.75) is 32.0 Å². The lowest BCUT2D eigenvalue weighted by molar-refractivity contribution is -0.274. The molecule has 2 aromatic rings. The maximum atomic E-state index is 12.3. The zero-order valence-corrected chi connectivity index (χ0v) is 18.5. The molecule has 0 saturated heterocycles. The molecular formula is C19H24F3N7O3S. The highest BCUT2D eigenvalue weighted by molar-refractivity contribution is 7.15. The quantitative estimate of drug-likeness (QED) is 0.162. The Morgan fingerprint density at radius 1 is 1.27 bits per heavy atom. The van der Waals surface area contributed by atoms with E-state index in [-0.39, 0.29) is 12.1 Å². The number of hydrogen-bond acceptors (Lipinski definition) is 9. The molecule has 14 heteroatoms. The van der Waals surface area contributed by atoms with Crippen LogP contribution >= 0.6 is 11.3 Å². The summed E-state index contributed by atoms with van der Waals surface area (Å²) in [6.07, 6.45) is -1.57. The number of carbonyl (C=O) groups excluding carboxylic acids is 2. The maximum Gasteiger partial charge on any atom is 0.573 e. The molecule has 0 spiro atoms. The van der Waals surface area contributed by atoms with Gasteiger partial charge in [-0.25, -0.2) is 5.84 Å². The fraction of sp³-hybridized carbons (Fsp3) is 0.368. The number of amides is 2. The molecule has 1 heterocycles. The van der Waals surface area contributed by atoms with Gasteiger partial charge in [-0.2, -0.15) is 0 Å². The number of aromatic nitrogens is 2. The largest absolute Gasteiger partial charge is 0.573 e. The molecule has 33 heavy (non-hydrogen) atoms. The van der Waals surface area contributed by atoms with Crippen molar-refractivity contribution in [3.8, 4) is 5.75 Å². The minimum absolute atomic E-state index is 0.00381. The summed E-state index contributed by atoms with van der Waals surface area (Å²) in [5.41, 5.74) is 5.93. The lowest BCUT2D eigenvalue weighted by atomic mass is 10.1. The number of rotatable bonds is 11. The summed E-state index contributed by atoms with van der Waals surface area (Å²) in [7, 11) is 1.47. The summed E-state index contributed by atoms with van der Waals surface area (Å²) < 4.78 is 40.8. The number of benzene rings is 1. The fourth-order valence-corrected chi connectivity index (χ4v) is 3.42. The average molecular weight is 488 g/mol. The van der Waals surface area contributed by atoms with Crippen molar-refractivity contribution < 1.29 is 27.5 Å². The first-order chi connectivity index (χ1) is 15.6. The van der Waals surface area contributed by atoms with Gasteiger partial charge in [-0.3, -0.25) is 9.59 Å². The third-order valence-electron chi connectivity index (χ3n) is 4.06. The standard InChI is InChI=1S/C19H24F3N7O3S/c1-25-17(31)14(23)11-29(24)8-3-2-7-16-27-28-18(33-16)26-15(30)10-12-5-4-6-13(9-12)32-19(20,21)22/h4-6,9,11H,2-3,7-8,10,23-24H2,1H3,(H,25,31)(H,26,28,30)/b14-11-. The Balaban J connectivity index is 1.76. The van der Waals surface area contributed by atoms with Gasteiger partial charge >= 0.3 is 6.36 Å². The van der Waals surface area contributed by atoms with Crippen LogP contribution in [0.4, 0.5) is 18.3 Å². The van der Waals surface area contributed by atoms with Crippen molar-refractivity contribution in [2.24, 2.45) is 11.6 Å². The van der Waals surface area contributed by atoms with Crippen LogP contribution in [0.25, 0.3) is 0 Å². The van der Waals surface area contributed by atoms with Crippen molar-refractivity contribution in [1.82, 2.24) is 20.5 Å². The Hall–Kier alpha value is -3.39. The highest BCUT2D eigenvalue weighted by Crippen LogP contribution is 2.24. The number of nitrogens with zero attached hydrogens (tertiary/aromatic N) is 3. The normalized spacial score (nSPS) is 11.7. The number of hydrazine groups is 1. The van der Waals surface area contributed by atoms with Gasteiger partial charge < -0.3 is 26.1 Å². The van der Waals surface area contributed by atoms with Gasteiger partial charge in [0.2, 0.25) is 11.0 Å². The van der Waals surface area contributed by atoms with Gasteiger partial charge in [0.25, 0.3) is 5.91 Å². The van der Waals surface area contributed by atoms with Crippen molar-refractivity contribution in [1.29, 1.82) is 0 Å². The van der Waals surface area contributed by atoms with Gasteiger partial charge in [-0.15, -0.1) is 23.4 Å². The number of nitrogens with one attached hydrogen (secondary N) is 2. The predicted octanol–water partition coefficient (Wildman–Crippen LogP) is 1.66. The summed E-state index contributed by atoms with van der Waals surface area (Å²) in [5, 5.41) is 15.2. The number of likely N-dealkylation sites (N-methyl/N-ethyl adjacent to an activating group) is 1. The molecule has 0 aliphatic rings. The Morgan fingerprint density at radius 3 is 2.73 bits per heavy atom. The second-order valence-electron chi connectivity index (χ2n) is 6.78. The second-order valence-corrected chi connectivity index (χ2v) is 7.84. The zero-order chi connectivity index (χ0) is 24.4. The van der Waals surface area contributed by atoms with E-state index in [1.807, 2.05) is 0 Å². The molecule has 0 radical (unpaired) electrons. The van der Waals surface area contributed by atoms with Crippen LogP contribution in [0.2, 0.25) is 0 Å². The zero-order valence-electron chi connectivity index (χ0n) is 17.7. The summed E-state index contributed by atoms with van der Waals surface area (Å²) in [4.78, 5) is 23.5. The predicted molar refractivity (Wildman–Crippen MR) is 116 cm³/mol. The van der Waals surface area contributed by atoms with Crippen LogP contribution in [0.15, 0.2) is 36.2 Å². The molecule has 180 valence electrons. The number of nitrogens with two attached hydrogens (primary N) is 2. The molecule has 0 aliphatic carbocycles. The first-order valence-electron chi connectivity index (χ1n) is 9.73. The van der Waals surface area contributed by atoms with Gasteiger partial charge in [-0.05, 0) is 30.5 Å². The van der Waals surface area contributed by atoms with Crippen LogP contribution in [0, 0.1) is 0 Å². The van der Waals surface area contributed by atoms with Crippen LogP contribution in [0.3, 0.4) is 0 Å². The molecule has 2 amide bonds. The van der Waals surface area contributed by atoms with Gasteiger partial charge in [0.1, 0.15) is 16.5 Å². The van der Waals surface area contributed by atoms with Crippen LogP contribution in [-0.4, -0.2) is 47.0 Å². The number of alkyl halides is 3. The molecule has 2 rings (SSSR count). The number of carbonyl (C=O) groups is 2. The van der Waals surface area contributed by atoms with Gasteiger partial charge in [-0.1, -0.05) is 23.5 Å². The molecule has 0 aliphatic heterocycles. The van der Waals surface area contributed by atoms with E-state index in [0.717, 1.165) is 18.6 Å². The molecule has 6 N–H and O–H groups in total. The monoisotopic (exact) mass is 487 g/mol. The van der Waals surface area contributed by atoms with E-state index in [9.17, 15) is 22.8 Å². The summed E-state index contributed by atoms with van der Waals surface area (Å²) in [6.45, 7) is 0.469. The molecular weight excluding hydrogens is 463 g/mol. The molecule has 1 aromatic carbocycles. The van der Waals surface area contributed by atoms with E-state index in [1.165, 1.54) is 41.7 Å². The van der Waals surface area contributed by atoms with Crippen molar-refractivity contribution in [3.63, 3.8) is 0 Å². The molecule has 10 nitrogen and oxygen atoms in total. The van der Waals surface area contributed by atoms with Gasteiger partial charge in [0.15, 0.2) is 0 Å². The Bertz CT molecular complexity index is 982. The fourth-order valence-electron chi connectivity index (χ4n) is 2.62. The summed E-state index contributed by atoms with van der Waals surface area (Å²) in [5.74, 6) is 4.51. The molecule has 0 fully saturated rings. The van der Waals surface area contributed by atoms with E-state index >= 15 is 0 Å². The topological polar surface area (TPSA) is 148 Å². The lowest BCUT2D eigenvalue weighted by Crippen LogP contribution is -2.32. The third kappa shape index (κ3) is 9.74. The molecule has 1 aromatic heterocycles. The SMILES string of the molecule is CNC(=O)/C(N)=C/N(N)CCCCc1nnc(NC(=O)Cc2cccc(OC(F)(F)F)c2)s1. The average Bonchev–Trinajstić information content (AvgIpc) is 3.16. The highest BCUT2D eigenvalue weighted by atomic mass is 32.1. The van der Waals surface area contributed by atoms with Crippen LogP contribution < -0.4 is 26.9 Å². The Morgan fingerprint density at radius 2 is 2.03 bits per heavy atom. The summed E-state index contributed by atoms with van der Waals surface area (Å²) in [6, 6.07) is 5.20. The molecule has 0 atom stereocenters. The van der Waals surface area contributed by atoms with Crippen molar-refractivity contribution in [2.75, 3.05) is 18.9 Å². The summed E-state index contributed by atoms with van der Waals surface area (Å²) >= 11 is 1.20. The number of ether oxygens (including phenoxy) is 1. The molecule has 0 saturated carbocycles. The molecule has 0 unspecified atom stereocenters. The van der Waals surface area contributed by atoms with Crippen molar-refractivity contribution >= 4 is 28.3 Å². The smallest absolute Gasteiger partial charge is 0.406 e. The Kier molecular flexibility index (Phi) is 9.42. The van der Waals surface area contributed by atoms with Crippen LogP contribution in [0.1, 0.15) is 23.4 Å². The van der Waals surface area contributed by atoms with E-state index in [0.29, 0.717) is 35.1 Å². The van der Waals surface area contributed by atoms with Crippen LogP contribution in [-0.2, 0) is 22.4 Å². The van der Waals surface area contributed by atoms with E-state index in [2.05, 4.69) is 25.6 Å². The number of unbranched alkanes of at least 4 members (excludes halogenated alkanes) is 1. The third-order valence-corrected chi connectivity index (χ3v) is 4.96. The maximum absolute atomic E-state index is 12.3. The number of hydrogen-bond donors (Lipinski definition) is 4. The van der Waals surface area contributed by atoms with Crippen LogP contribution in [0.5, 0.6) is 5.75 Å². The van der Waals surface area contributed by atoms with E-state index in [1.54, 1.807) is 0 Å². The first kappa shape index (κ1) is 25.9. The second kappa shape index (κ2) is 12.0. The first-order valence-corrected chi connectivity index (χ1v) is 10.5. The minimum atomic E-state index is -4.80. The Labute approximate surface area is 191 Å². The van der Waals surface area contributed by atoms with E-state index in [4.69, 9.17) is 11.6 Å². The van der Waals surface area contributed by atoms with Gasteiger partial charge in [0.05, 0.1) is 6.42 Å². The number of halogens is 3. The number of anilines is 1. The number of aryl methyl sites for hydroxylation is 1. The highest BCUT2D eigenvalue weighted by Gasteiger charge is 2.31. The lowest BCUT2D eigenvalue weighted by Gasteiger charge is -2.14. The van der Waals surface area contributed by atoms with Crippen molar-refractivity contribution in [3.05, 3.63) is 46.7 Å². The van der Waals surface area contributed by atoms with Gasteiger partial charge in [0, 0.05) is 26.2 Å². The van der Waals surface area contributed by atoms with E-state index < -0.39 is 23.9 Å². The molecule has 0 bridgehead atoms. The minimum Gasteiger partial charge on any atom is -0.406 e.